The topological polar surface area (TPSA) is 88.5 Å². The number of aromatic nitrogens is 2. The lowest BCUT2D eigenvalue weighted by Crippen LogP contribution is -2.36. The van der Waals surface area contributed by atoms with E-state index < -0.39 is 6.04 Å². The summed E-state index contributed by atoms with van der Waals surface area (Å²) in [4.78, 5) is 32.8. The van der Waals surface area contributed by atoms with E-state index in [0.29, 0.717) is 11.4 Å². The van der Waals surface area contributed by atoms with Crippen molar-refractivity contribution in [1.29, 1.82) is 0 Å². The van der Waals surface area contributed by atoms with E-state index in [4.69, 9.17) is 9.72 Å². The lowest BCUT2D eigenvalue weighted by atomic mass is 10.2. The molecule has 5 rings (SSSR count). The minimum Gasteiger partial charge on any atom is -0.378 e. The zero-order valence-electron chi connectivity index (χ0n) is 20.2. The molecule has 2 amide bonds. The third kappa shape index (κ3) is 5.23. The normalized spacial score (nSPS) is 14.4. The summed E-state index contributed by atoms with van der Waals surface area (Å²) < 4.78 is 7.28. The summed E-state index contributed by atoms with van der Waals surface area (Å²) in [5.41, 5.74) is 4.03. The number of hydrogen-bond acceptors (Lipinski definition) is 5. The summed E-state index contributed by atoms with van der Waals surface area (Å²) in [6, 6.07) is 24.2. The number of carbonyl (C=O) groups is 2. The number of para-hydroxylation sites is 2. The van der Waals surface area contributed by atoms with E-state index in [1.54, 1.807) is 12.1 Å². The van der Waals surface area contributed by atoms with Crippen LogP contribution in [0.5, 0.6) is 0 Å². The largest absolute Gasteiger partial charge is 0.378 e. The van der Waals surface area contributed by atoms with Crippen LogP contribution in [0.2, 0.25) is 0 Å². The molecule has 3 aromatic carbocycles. The van der Waals surface area contributed by atoms with E-state index in [2.05, 4.69) is 15.5 Å². The fourth-order valence-electron chi connectivity index (χ4n) is 4.45. The number of benzene rings is 3. The summed E-state index contributed by atoms with van der Waals surface area (Å²) in [7, 11) is 0. The highest BCUT2D eigenvalue weighted by Gasteiger charge is 2.21. The number of rotatable bonds is 7. The van der Waals surface area contributed by atoms with E-state index in [9.17, 15) is 9.59 Å². The zero-order valence-corrected chi connectivity index (χ0v) is 20.2. The first-order valence-electron chi connectivity index (χ1n) is 12.1. The number of carbonyl (C=O) groups excluding carboxylic acids is 2. The summed E-state index contributed by atoms with van der Waals surface area (Å²) in [5, 5.41) is 6.00. The maximum Gasteiger partial charge on any atom is 0.251 e. The van der Waals surface area contributed by atoms with Gasteiger partial charge < -0.3 is 24.8 Å². The van der Waals surface area contributed by atoms with Crippen molar-refractivity contribution in [2.45, 2.75) is 19.5 Å². The Kier molecular flexibility index (Phi) is 6.95. The monoisotopic (exact) mass is 483 g/mol. The molecule has 36 heavy (non-hydrogen) atoms. The zero-order chi connectivity index (χ0) is 24.9. The Labute approximate surface area is 209 Å². The molecule has 2 N–H and O–H groups in total. The molecule has 0 saturated carbocycles. The van der Waals surface area contributed by atoms with Crippen LogP contribution in [0.3, 0.4) is 0 Å². The number of nitrogens with zero attached hydrogens (tertiary/aromatic N) is 3. The first-order chi connectivity index (χ1) is 17.6. The molecule has 8 nitrogen and oxygen atoms in total. The van der Waals surface area contributed by atoms with Gasteiger partial charge in [0.25, 0.3) is 5.91 Å². The van der Waals surface area contributed by atoms with Crippen molar-refractivity contribution in [2.75, 3.05) is 36.5 Å². The SMILES string of the molecule is CC(NC(=O)c1ccccc1)c1nc2ccccc2n1CC(=O)Nc1ccc(N2CCOCC2)cc1. The molecular weight excluding hydrogens is 454 g/mol. The van der Waals surface area contributed by atoms with E-state index in [0.717, 1.165) is 48.7 Å². The predicted octanol–water partition coefficient (Wildman–Crippen LogP) is 4.00. The van der Waals surface area contributed by atoms with Gasteiger partial charge in [0.2, 0.25) is 5.91 Å². The van der Waals surface area contributed by atoms with Gasteiger partial charge in [-0.25, -0.2) is 4.98 Å². The van der Waals surface area contributed by atoms with Crippen molar-refractivity contribution in [3.05, 3.63) is 90.3 Å². The minimum absolute atomic E-state index is 0.0760. The molecule has 184 valence electrons. The second kappa shape index (κ2) is 10.6. The average molecular weight is 484 g/mol. The maximum atomic E-state index is 13.1. The highest BCUT2D eigenvalue weighted by molar-refractivity contribution is 5.94. The van der Waals surface area contributed by atoms with Gasteiger partial charge in [0.05, 0.1) is 30.3 Å². The summed E-state index contributed by atoms with van der Waals surface area (Å²) >= 11 is 0. The van der Waals surface area contributed by atoms with E-state index in [1.165, 1.54) is 0 Å². The third-order valence-electron chi connectivity index (χ3n) is 6.28. The van der Waals surface area contributed by atoms with Gasteiger partial charge in [0, 0.05) is 30.0 Å². The van der Waals surface area contributed by atoms with Crippen molar-refractivity contribution < 1.29 is 14.3 Å². The Morgan fingerprint density at radius 3 is 2.39 bits per heavy atom. The molecule has 1 atom stereocenters. The number of imidazole rings is 1. The molecule has 1 aliphatic heterocycles. The van der Waals surface area contributed by atoms with Gasteiger partial charge in [0.15, 0.2) is 0 Å². The first kappa shape index (κ1) is 23.6. The Hall–Kier alpha value is -4.17. The van der Waals surface area contributed by atoms with Crippen LogP contribution in [-0.2, 0) is 16.1 Å². The molecule has 0 bridgehead atoms. The molecule has 1 fully saturated rings. The average Bonchev–Trinajstić information content (AvgIpc) is 3.28. The Morgan fingerprint density at radius 2 is 1.64 bits per heavy atom. The predicted molar refractivity (Wildman–Crippen MR) is 140 cm³/mol. The van der Waals surface area contributed by atoms with Crippen LogP contribution in [0.25, 0.3) is 11.0 Å². The Balaban J connectivity index is 1.31. The smallest absolute Gasteiger partial charge is 0.251 e. The second-order valence-electron chi connectivity index (χ2n) is 8.80. The molecule has 8 heteroatoms. The molecule has 1 unspecified atom stereocenters. The van der Waals surface area contributed by atoms with Gasteiger partial charge in [0.1, 0.15) is 12.4 Å². The number of morpholine rings is 1. The van der Waals surface area contributed by atoms with Crippen molar-refractivity contribution in [3.63, 3.8) is 0 Å². The lowest BCUT2D eigenvalue weighted by Gasteiger charge is -2.28. The van der Waals surface area contributed by atoms with Crippen LogP contribution < -0.4 is 15.5 Å². The van der Waals surface area contributed by atoms with Gasteiger partial charge in [-0.3, -0.25) is 9.59 Å². The van der Waals surface area contributed by atoms with Crippen LogP contribution in [0.4, 0.5) is 11.4 Å². The molecule has 1 aliphatic rings. The van der Waals surface area contributed by atoms with Gasteiger partial charge in [-0.1, -0.05) is 30.3 Å². The van der Waals surface area contributed by atoms with Gasteiger partial charge in [-0.15, -0.1) is 0 Å². The summed E-state index contributed by atoms with van der Waals surface area (Å²) in [6.45, 7) is 5.13. The Bertz CT molecular complexity index is 1340. The van der Waals surface area contributed by atoms with Crippen molar-refractivity contribution in [1.82, 2.24) is 14.9 Å². The number of amides is 2. The van der Waals surface area contributed by atoms with Crippen LogP contribution in [-0.4, -0.2) is 47.7 Å². The van der Waals surface area contributed by atoms with Gasteiger partial charge in [-0.05, 0) is 55.5 Å². The molecular formula is C28H29N5O3. The molecule has 1 aromatic heterocycles. The maximum absolute atomic E-state index is 13.1. The molecule has 0 radical (unpaired) electrons. The third-order valence-corrected chi connectivity index (χ3v) is 6.28. The molecule has 1 saturated heterocycles. The van der Waals surface area contributed by atoms with E-state index in [1.807, 2.05) is 78.2 Å². The number of ether oxygens (including phenoxy) is 1. The number of anilines is 2. The first-order valence-corrected chi connectivity index (χ1v) is 12.1. The fourth-order valence-corrected chi connectivity index (χ4v) is 4.45. The lowest BCUT2D eigenvalue weighted by molar-refractivity contribution is -0.116. The van der Waals surface area contributed by atoms with Gasteiger partial charge in [-0.2, -0.15) is 0 Å². The van der Waals surface area contributed by atoms with Gasteiger partial charge >= 0.3 is 0 Å². The number of nitrogens with one attached hydrogen (secondary N) is 2. The second-order valence-corrected chi connectivity index (χ2v) is 8.80. The Morgan fingerprint density at radius 1 is 0.944 bits per heavy atom. The number of hydrogen-bond donors (Lipinski definition) is 2. The van der Waals surface area contributed by atoms with Crippen molar-refractivity contribution in [2.24, 2.45) is 0 Å². The summed E-state index contributed by atoms with van der Waals surface area (Å²) in [5.74, 6) is 0.268. The highest BCUT2D eigenvalue weighted by atomic mass is 16.5. The van der Waals surface area contributed by atoms with Crippen molar-refractivity contribution >= 4 is 34.2 Å². The molecule has 0 spiro atoms. The molecule has 4 aromatic rings. The van der Waals surface area contributed by atoms with Crippen LogP contribution in [0, 0.1) is 0 Å². The van der Waals surface area contributed by atoms with Crippen LogP contribution in [0.15, 0.2) is 78.9 Å². The van der Waals surface area contributed by atoms with Crippen LogP contribution in [0.1, 0.15) is 29.1 Å². The van der Waals surface area contributed by atoms with E-state index >= 15 is 0 Å². The van der Waals surface area contributed by atoms with Crippen molar-refractivity contribution in [3.8, 4) is 0 Å². The van der Waals surface area contributed by atoms with Crippen LogP contribution >= 0.6 is 0 Å². The highest BCUT2D eigenvalue weighted by Crippen LogP contribution is 2.22. The molecule has 2 heterocycles. The fraction of sp³-hybridized carbons (Fsp3) is 0.250. The molecule has 0 aliphatic carbocycles. The van der Waals surface area contributed by atoms with E-state index in [-0.39, 0.29) is 18.4 Å². The quantitative estimate of drug-likeness (QED) is 0.415. The standard InChI is InChI=1S/C28H29N5O3/c1-20(29-28(35)21-7-3-2-4-8-21)27-31-24-9-5-6-10-25(24)33(27)19-26(34)30-22-11-13-23(14-12-22)32-15-17-36-18-16-32/h2-14,20H,15-19H2,1H3,(H,29,35)(H,30,34). The summed E-state index contributed by atoms with van der Waals surface area (Å²) in [6.07, 6.45) is 0. The number of fused-ring (bicyclic) bond motifs is 1. The minimum atomic E-state index is -0.397.